The van der Waals surface area contributed by atoms with Crippen molar-refractivity contribution >= 4 is 12.0 Å². The van der Waals surface area contributed by atoms with Crippen molar-refractivity contribution < 1.29 is 18.7 Å². The molecular formula is C20H22FNO3. The Morgan fingerprint density at radius 2 is 1.96 bits per heavy atom. The first-order valence-corrected chi connectivity index (χ1v) is 8.02. The number of benzene rings is 2. The molecule has 2 rings (SSSR count). The molecule has 0 aliphatic rings. The largest absolute Gasteiger partial charge is 0.493 e. The average Bonchev–Trinajstić information content (AvgIpc) is 2.62. The molecule has 0 fully saturated rings. The van der Waals surface area contributed by atoms with E-state index in [0.29, 0.717) is 23.7 Å². The van der Waals surface area contributed by atoms with Crippen molar-refractivity contribution in [3.8, 4) is 11.5 Å². The lowest BCUT2D eigenvalue weighted by Gasteiger charge is -2.15. The number of ether oxygens (including phenoxy) is 2. The number of halogens is 1. The van der Waals surface area contributed by atoms with Crippen molar-refractivity contribution in [1.82, 2.24) is 4.90 Å². The Hall–Kier alpha value is -2.82. The molecule has 0 N–H and O–H groups in total. The van der Waals surface area contributed by atoms with Crippen LogP contribution in [0.1, 0.15) is 18.1 Å². The maximum atomic E-state index is 13.7. The van der Waals surface area contributed by atoms with Gasteiger partial charge in [0.15, 0.2) is 11.5 Å². The zero-order chi connectivity index (χ0) is 18.2. The Kier molecular flexibility index (Phi) is 6.57. The second-order valence-electron chi connectivity index (χ2n) is 5.46. The monoisotopic (exact) mass is 343 g/mol. The molecule has 4 nitrogen and oxygen atoms in total. The molecule has 0 unspecified atom stereocenters. The van der Waals surface area contributed by atoms with E-state index >= 15 is 0 Å². The van der Waals surface area contributed by atoms with E-state index < -0.39 is 0 Å². The van der Waals surface area contributed by atoms with E-state index in [-0.39, 0.29) is 18.3 Å². The van der Waals surface area contributed by atoms with E-state index in [1.165, 1.54) is 17.0 Å². The van der Waals surface area contributed by atoms with Crippen molar-refractivity contribution in [3.05, 3.63) is 65.5 Å². The smallest absolute Gasteiger partial charge is 0.246 e. The van der Waals surface area contributed by atoms with Crippen LogP contribution in [0.4, 0.5) is 4.39 Å². The Labute approximate surface area is 147 Å². The standard InChI is InChI=1S/C20H22FNO3/c1-4-25-18-11-9-15(13-19(18)24-3)10-12-20(23)22(2)14-16-7-5-6-8-17(16)21/h5-13H,4,14H2,1-3H3/b12-10+. The number of hydrogen-bond acceptors (Lipinski definition) is 3. The van der Waals surface area contributed by atoms with Crippen LogP contribution in [0.15, 0.2) is 48.5 Å². The molecule has 1 amide bonds. The molecule has 0 saturated heterocycles. The summed E-state index contributed by atoms with van der Waals surface area (Å²) in [4.78, 5) is 13.7. The summed E-state index contributed by atoms with van der Waals surface area (Å²) in [5.74, 6) is 0.736. The second-order valence-corrected chi connectivity index (χ2v) is 5.46. The van der Waals surface area contributed by atoms with Crippen LogP contribution in [-0.4, -0.2) is 31.6 Å². The summed E-state index contributed by atoms with van der Waals surface area (Å²) in [5.41, 5.74) is 1.29. The summed E-state index contributed by atoms with van der Waals surface area (Å²) in [6.07, 6.45) is 3.15. The number of likely N-dealkylation sites (N-methyl/N-ethyl adjacent to an activating group) is 1. The fourth-order valence-electron chi connectivity index (χ4n) is 2.32. The van der Waals surface area contributed by atoms with Crippen LogP contribution in [0.5, 0.6) is 11.5 Å². The van der Waals surface area contributed by atoms with Gasteiger partial charge in [-0.05, 0) is 36.8 Å². The lowest BCUT2D eigenvalue weighted by Crippen LogP contribution is -2.24. The van der Waals surface area contributed by atoms with E-state index in [2.05, 4.69) is 0 Å². The third-order valence-electron chi connectivity index (χ3n) is 3.65. The molecule has 0 bridgehead atoms. The van der Waals surface area contributed by atoms with Gasteiger partial charge in [-0.2, -0.15) is 0 Å². The topological polar surface area (TPSA) is 38.8 Å². The summed E-state index contributed by atoms with van der Waals surface area (Å²) >= 11 is 0. The summed E-state index contributed by atoms with van der Waals surface area (Å²) < 4.78 is 24.4. The molecule has 0 aromatic heterocycles. The maximum absolute atomic E-state index is 13.7. The predicted octanol–water partition coefficient (Wildman–Crippen LogP) is 3.90. The highest BCUT2D eigenvalue weighted by Crippen LogP contribution is 2.28. The molecule has 0 spiro atoms. The number of rotatable bonds is 7. The molecule has 0 aliphatic heterocycles. The van der Waals surface area contributed by atoms with Gasteiger partial charge in [0.25, 0.3) is 0 Å². The zero-order valence-corrected chi connectivity index (χ0v) is 14.7. The fourth-order valence-corrected chi connectivity index (χ4v) is 2.32. The molecule has 2 aromatic carbocycles. The zero-order valence-electron chi connectivity index (χ0n) is 14.7. The van der Waals surface area contributed by atoms with Gasteiger partial charge in [0, 0.05) is 25.2 Å². The van der Waals surface area contributed by atoms with Gasteiger partial charge >= 0.3 is 0 Å². The van der Waals surface area contributed by atoms with Gasteiger partial charge in [-0.25, -0.2) is 4.39 Å². The van der Waals surface area contributed by atoms with Crippen LogP contribution in [0.3, 0.4) is 0 Å². The predicted molar refractivity (Wildman–Crippen MR) is 96.1 cm³/mol. The minimum absolute atomic E-state index is 0.211. The Balaban J connectivity index is 2.05. The van der Waals surface area contributed by atoms with Crippen LogP contribution in [0.25, 0.3) is 6.08 Å². The van der Waals surface area contributed by atoms with E-state index in [0.717, 1.165) is 5.56 Å². The van der Waals surface area contributed by atoms with Gasteiger partial charge in [-0.1, -0.05) is 24.3 Å². The summed E-state index contributed by atoms with van der Waals surface area (Å²) in [7, 11) is 3.20. The minimum atomic E-state index is -0.317. The van der Waals surface area contributed by atoms with Crippen LogP contribution in [0.2, 0.25) is 0 Å². The molecule has 0 aliphatic carbocycles. The van der Waals surface area contributed by atoms with E-state index in [1.807, 2.05) is 13.0 Å². The quantitative estimate of drug-likeness (QED) is 0.716. The number of hydrogen-bond donors (Lipinski definition) is 0. The molecular weight excluding hydrogens is 321 g/mol. The minimum Gasteiger partial charge on any atom is -0.493 e. The van der Waals surface area contributed by atoms with Crippen molar-refractivity contribution in [2.75, 3.05) is 20.8 Å². The first-order valence-electron chi connectivity index (χ1n) is 8.02. The number of amides is 1. The van der Waals surface area contributed by atoms with Gasteiger partial charge in [0.2, 0.25) is 5.91 Å². The van der Waals surface area contributed by atoms with Crippen molar-refractivity contribution in [1.29, 1.82) is 0 Å². The Morgan fingerprint density at radius 3 is 2.64 bits per heavy atom. The molecule has 0 saturated carbocycles. The van der Waals surface area contributed by atoms with Gasteiger partial charge < -0.3 is 14.4 Å². The highest BCUT2D eigenvalue weighted by molar-refractivity contribution is 5.91. The van der Waals surface area contributed by atoms with Crippen LogP contribution in [-0.2, 0) is 11.3 Å². The van der Waals surface area contributed by atoms with Gasteiger partial charge in [0.05, 0.1) is 13.7 Å². The lowest BCUT2D eigenvalue weighted by atomic mass is 10.1. The van der Waals surface area contributed by atoms with Crippen molar-refractivity contribution in [2.45, 2.75) is 13.5 Å². The van der Waals surface area contributed by atoms with E-state index in [1.54, 1.807) is 50.6 Å². The second kappa shape index (κ2) is 8.87. The third-order valence-corrected chi connectivity index (χ3v) is 3.65. The number of carbonyl (C=O) groups is 1. The van der Waals surface area contributed by atoms with Gasteiger partial charge in [-0.3, -0.25) is 4.79 Å². The van der Waals surface area contributed by atoms with Gasteiger partial charge in [-0.15, -0.1) is 0 Å². The molecule has 0 heterocycles. The van der Waals surface area contributed by atoms with E-state index in [9.17, 15) is 9.18 Å². The Bertz CT molecular complexity index is 758. The molecule has 25 heavy (non-hydrogen) atoms. The van der Waals surface area contributed by atoms with E-state index in [4.69, 9.17) is 9.47 Å². The lowest BCUT2D eigenvalue weighted by molar-refractivity contribution is -0.125. The summed E-state index contributed by atoms with van der Waals surface area (Å²) in [6, 6.07) is 11.9. The average molecular weight is 343 g/mol. The number of methoxy groups -OCH3 is 1. The van der Waals surface area contributed by atoms with Crippen molar-refractivity contribution in [3.63, 3.8) is 0 Å². The highest BCUT2D eigenvalue weighted by atomic mass is 19.1. The summed E-state index contributed by atoms with van der Waals surface area (Å²) in [5, 5.41) is 0. The fraction of sp³-hybridized carbons (Fsp3) is 0.250. The number of nitrogens with zero attached hydrogens (tertiary/aromatic N) is 1. The molecule has 5 heteroatoms. The highest BCUT2D eigenvalue weighted by Gasteiger charge is 2.09. The molecule has 0 atom stereocenters. The molecule has 2 aromatic rings. The first-order chi connectivity index (χ1) is 12.0. The molecule has 0 radical (unpaired) electrons. The number of carbonyl (C=O) groups excluding carboxylic acids is 1. The van der Waals surface area contributed by atoms with Gasteiger partial charge in [0.1, 0.15) is 5.82 Å². The maximum Gasteiger partial charge on any atom is 0.246 e. The molecule has 132 valence electrons. The SMILES string of the molecule is CCOc1ccc(/C=C/C(=O)N(C)Cc2ccccc2F)cc1OC. The van der Waals surface area contributed by atoms with Crippen LogP contribution >= 0.6 is 0 Å². The third kappa shape index (κ3) is 5.08. The van der Waals surface area contributed by atoms with Crippen LogP contribution in [0, 0.1) is 5.82 Å². The van der Waals surface area contributed by atoms with Crippen molar-refractivity contribution in [2.24, 2.45) is 0 Å². The Morgan fingerprint density at radius 1 is 1.20 bits per heavy atom. The first kappa shape index (κ1) is 18.5. The van der Waals surface area contributed by atoms with Crippen LogP contribution < -0.4 is 9.47 Å². The normalized spacial score (nSPS) is 10.7. The summed E-state index contributed by atoms with van der Waals surface area (Å²) in [6.45, 7) is 2.66.